The summed E-state index contributed by atoms with van der Waals surface area (Å²) in [5.74, 6) is 0. The van der Waals surface area contributed by atoms with Crippen LogP contribution in [0.4, 0.5) is 5.69 Å². The molecule has 0 amide bonds. The van der Waals surface area contributed by atoms with Crippen molar-refractivity contribution >= 4 is 23.0 Å². The molecule has 0 bridgehead atoms. The molecule has 14 heavy (non-hydrogen) atoms. The van der Waals surface area contributed by atoms with E-state index < -0.39 is 0 Å². The van der Waals surface area contributed by atoms with Gasteiger partial charge in [-0.1, -0.05) is 19.1 Å². The Morgan fingerprint density at radius 2 is 1.86 bits per heavy atom. The standard InChI is InChI=1S/C11H16N2S/c1-3-9-5-7-10(8-6-9)13(4-2)11(12)14/h5-8H,3-4H2,1-2H3,(H2,12,14). The SMILES string of the molecule is CCc1ccc(N(CC)C(N)=S)cc1. The summed E-state index contributed by atoms with van der Waals surface area (Å²) in [5.41, 5.74) is 8.00. The maximum Gasteiger partial charge on any atom is 0.170 e. The zero-order valence-electron chi connectivity index (χ0n) is 8.66. The molecule has 0 unspecified atom stereocenters. The van der Waals surface area contributed by atoms with Gasteiger partial charge in [0.1, 0.15) is 0 Å². The zero-order chi connectivity index (χ0) is 10.6. The average molecular weight is 208 g/mol. The third-order valence-electron chi connectivity index (χ3n) is 2.24. The van der Waals surface area contributed by atoms with Crippen LogP contribution in [0.25, 0.3) is 0 Å². The molecule has 0 aliphatic heterocycles. The summed E-state index contributed by atoms with van der Waals surface area (Å²) < 4.78 is 0. The van der Waals surface area contributed by atoms with Gasteiger partial charge in [-0.15, -0.1) is 0 Å². The van der Waals surface area contributed by atoms with Crippen molar-refractivity contribution in [3.05, 3.63) is 29.8 Å². The fourth-order valence-corrected chi connectivity index (χ4v) is 1.61. The van der Waals surface area contributed by atoms with Crippen LogP contribution in [0.15, 0.2) is 24.3 Å². The van der Waals surface area contributed by atoms with E-state index in [-0.39, 0.29) is 0 Å². The molecule has 0 saturated heterocycles. The summed E-state index contributed by atoms with van der Waals surface area (Å²) in [5, 5.41) is 0.428. The molecule has 0 aromatic heterocycles. The van der Waals surface area contributed by atoms with Gasteiger partial charge >= 0.3 is 0 Å². The van der Waals surface area contributed by atoms with Crippen LogP contribution in [0.2, 0.25) is 0 Å². The normalized spacial score (nSPS) is 9.86. The minimum absolute atomic E-state index is 0.428. The van der Waals surface area contributed by atoms with Crippen molar-refractivity contribution in [1.29, 1.82) is 0 Å². The smallest absolute Gasteiger partial charge is 0.170 e. The topological polar surface area (TPSA) is 29.3 Å². The molecule has 0 saturated carbocycles. The van der Waals surface area contributed by atoms with Crippen molar-refractivity contribution in [3.63, 3.8) is 0 Å². The lowest BCUT2D eigenvalue weighted by Gasteiger charge is -2.20. The highest BCUT2D eigenvalue weighted by molar-refractivity contribution is 7.80. The van der Waals surface area contributed by atoms with E-state index in [1.807, 2.05) is 11.8 Å². The van der Waals surface area contributed by atoms with Gasteiger partial charge in [0.2, 0.25) is 0 Å². The third kappa shape index (κ3) is 2.45. The van der Waals surface area contributed by atoms with E-state index in [1.165, 1.54) is 5.56 Å². The fraction of sp³-hybridized carbons (Fsp3) is 0.364. The lowest BCUT2D eigenvalue weighted by molar-refractivity contribution is 1.05. The number of nitrogens with two attached hydrogens (primary N) is 1. The van der Waals surface area contributed by atoms with Crippen LogP contribution in [0.5, 0.6) is 0 Å². The Morgan fingerprint density at radius 1 is 1.29 bits per heavy atom. The van der Waals surface area contributed by atoms with Crippen LogP contribution in [0.3, 0.4) is 0 Å². The maximum atomic E-state index is 5.61. The van der Waals surface area contributed by atoms with E-state index in [4.69, 9.17) is 18.0 Å². The van der Waals surface area contributed by atoms with Crippen molar-refractivity contribution in [3.8, 4) is 0 Å². The molecular formula is C11H16N2S. The Balaban J connectivity index is 2.89. The summed E-state index contributed by atoms with van der Waals surface area (Å²) in [6.07, 6.45) is 1.06. The molecule has 2 nitrogen and oxygen atoms in total. The lowest BCUT2D eigenvalue weighted by Crippen LogP contribution is -2.35. The Morgan fingerprint density at radius 3 is 2.21 bits per heavy atom. The number of hydrogen-bond donors (Lipinski definition) is 1. The molecule has 2 N–H and O–H groups in total. The number of aryl methyl sites for hydroxylation is 1. The van der Waals surface area contributed by atoms with Crippen molar-refractivity contribution < 1.29 is 0 Å². The first-order valence-corrected chi connectivity index (χ1v) is 5.25. The van der Waals surface area contributed by atoms with Gasteiger partial charge in [-0.3, -0.25) is 0 Å². The van der Waals surface area contributed by atoms with Gasteiger partial charge in [0.25, 0.3) is 0 Å². The van der Waals surface area contributed by atoms with Crippen LogP contribution in [-0.2, 0) is 6.42 Å². The molecule has 1 aromatic rings. The van der Waals surface area contributed by atoms with Gasteiger partial charge in [0.15, 0.2) is 5.11 Å². The predicted octanol–water partition coefficient (Wildman–Crippen LogP) is 2.32. The molecule has 1 rings (SSSR count). The summed E-state index contributed by atoms with van der Waals surface area (Å²) >= 11 is 4.96. The Hall–Kier alpha value is -1.09. The Bertz CT molecular complexity index is 306. The molecule has 0 spiro atoms. The second kappa shape index (κ2) is 4.96. The molecule has 1 aromatic carbocycles. The van der Waals surface area contributed by atoms with E-state index in [0.29, 0.717) is 5.11 Å². The first-order chi connectivity index (χ1) is 6.69. The summed E-state index contributed by atoms with van der Waals surface area (Å²) in [4.78, 5) is 1.91. The van der Waals surface area contributed by atoms with Crippen molar-refractivity contribution in [2.24, 2.45) is 5.73 Å². The monoisotopic (exact) mass is 208 g/mol. The lowest BCUT2D eigenvalue weighted by atomic mass is 10.1. The van der Waals surface area contributed by atoms with Gasteiger partial charge in [-0.05, 0) is 43.3 Å². The number of hydrogen-bond acceptors (Lipinski definition) is 1. The molecule has 0 atom stereocenters. The van der Waals surface area contributed by atoms with Crippen LogP contribution in [0.1, 0.15) is 19.4 Å². The Labute approximate surface area is 90.7 Å². The molecule has 0 fully saturated rings. The van der Waals surface area contributed by atoms with Gasteiger partial charge in [-0.2, -0.15) is 0 Å². The van der Waals surface area contributed by atoms with Gasteiger partial charge < -0.3 is 10.6 Å². The van der Waals surface area contributed by atoms with Crippen molar-refractivity contribution in [2.75, 3.05) is 11.4 Å². The number of rotatable bonds is 3. The van der Waals surface area contributed by atoms with Crippen molar-refractivity contribution in [2.45, 2.75) is 20.3 Å². The number of benzene rings is 1. The largest absolute Gasteiger partial charge is 0.376 e. The molecule has 76 valence electrons. The first kappa shape index (κ1) is 11.0. The van der Waals surface area contributed by atoms with Gasteiger partial charge in [-0.25, -0.2) is 0 Å². The number of anilines is 1. The molecule has 0 aliphatic rings. The quantitative estimate of drug-likeness (QED) is 0.773. The van der Waals surface area contributed by atoms with Crippen LogP contribution < -0.4 is 10.6 Å². The predicted molar refractivity (Wildman–Crippen MR) is 65.6 cm³/mol. The Kier molecular flexibility index (Phi) is 3.89. The highest BCUT2D eigenvalue weighted by Crippen LogP contribution is 2.15. The highest BCUT2D eigenvalue weighted by atomic mass is 32.1. The fourth-order valence-electron chi connectivity index (χ4n) is 1.38. The average Bonchev–Trinajstić information content (AvgIpc) is 2.19. The van der Waals surface area contributed by atoms with Crippen molar-refractivity contribution in [1.82, 2.24) is 0 Å². The first-order valence-electron chi connectivity index (χ1n) is 4.85. The molecule has 0 aliphatic carbocycles. The van der Waals surface area contributed by atoms with Gasteiger partial charge in [0.05, 0.1) is 0 Å². The number of nitrogens with zero attached hydrogens (tertiary/aromatic N) is 1. The van der Waals surface area contributed by atoms with Gasteiger partial charge in [0, 0.05) is 12.2 Å². The third-order valence-corrected chi connectivity index (χ3v) is 2.46. The molecule has 0 radical (unpaired) electrons. The molecule has 3 heteroatoms. The van der Waals surface area contributed by atoms with E-state index in [0.717, 1.165) is 18.7 Å². The summed E-state index contributed by atoms with van der Waals surface area (Å²) in [6.45, 7) is 4.98. The van der Waals surface area contributed by atoms with E-state index in [2.05, 4.69) is 31.2 Å². The molecular weight excluding hydrogens is 192 g/mol. The maximum absolute atomic E-state index is 5.61. The van der Waals surface area contributed by atoms with Crippen LogP contribution >= 0.6 is 12.2 Å². The summed E-state index contributed by atoms with van der Waals surface area (Å²) in [7, 11) is 0. The summed E-state index contributed by atoms with van der Waals surface area (Å²) in [6, 6.07) is 8.33. The zero-order valence-corrected chi connectivity index (χ0v) is 9.47. The molecule has 0 heterocycles. The van der Waals surface area contributed by atoms with E-state index in [9.17, 15) is 0 Å². The highest BCUT2D eigenvalue weighted by Gasteiger charge is 2.05. The second-order valence-corrected chi connectivity index (χ2v) is 3.52. The van der Waals surface area contributed by atoms with Crippen LogP contribution in [0, 0.1) is 0 Å². The minimum atomic E-state index is 0.428. The van der Waals surface area contributed by atoms with E-state index >= 15 is 0 Å². The van der Waals surface area contributed by atoms with Crippen LogP contribution in [-0.4, -0.2) is 11.7 Å². The minimum Gasteiger partial charge on any atom is -0.376 e. The number of thiocarbonyl (C=S) groups is 1. The second-order valence-electron chi connectivity index (χ2n) is 3.10. The van der Waals surface area contributed by atoms with E-state index in [1.54, 1.807) is 0 Å².